The van der Waals surface area contributed by atoms with E-state index in [0.717, 1.165) is 0 Å². The minimum atomic E-state index is -4.21. The summed E-state index contributed by atoms with van der Waals surface area (Å²) < 4.78 is 20.7. The first-order valence-electron chi connectivity index (χ1n) is 6.15. The normalized spacial score (nSPS) is 10.8. The fraction of sp³-hybridized carbons (Fsp3) is 0.500. The van der Waals surface area contributed by atoms with Crippen molar-refractivity contribution in [1.82, 2.24) is 10.6 Å². The van der Waals surface area contributed by atoms with Gasteiger partial charge in [-0.25, -0.2) is 4.57 Å². The van der Waals surface area contributed by atoms with Crippen LogP contribution in [-0.2, 0) is 23.2 Å². The highest BCUT2D eigenvalue weighted by Crippen LogP contribution is 2.42. The molecule has 0 saturated heterocycles. The Kier molecular flexibility index (Phi) is 8.80. The predicted octanol–water partition coefficient (Wildman–Crippen LogP) is 0.505. The Labute approximate surface area is 123 Å². The lowest BCUT2D eigenvalue weighted by Gasteiger charge is -2.13. The van der Waals surface area contributed by atoms with Gasteiger partial charge in [-0.3, -0.25) is 18.6 Å². The molecule has 3 N–H and O–H groups in total. The Morgan fingerprint density at radius 3 is 1.62 bits per heavy atom. The van der Waals surface area contributed by atoms with E-state index in [9.17, 15) is 19.0 Å². The lowest BCUT2D eigenvalue weighted by atomic mass is 10.3. The zero-order chi connectivity index (χ0) is 16.5. The summed E-state index contributed by atoms with van der Waals surface area (Å²) in [5.74, 6) is -0.732. The van der Waals surface area contributed by atoms with Crippen molar-refractivity contribution in [2.24, 2.45) is 0 Å². The van der Waals surface area contributed by atoms with Gasteiger partial charge in [0.25, 0.3) is 0 Å². The van der Waals surface area contributed by atoms with Gasteiger partial charge in [-0.1, -0.05) is 13.2 Å². The molecule has 2 amide bonds. The largest absolute Gasteiger partial charge is 0.472 e. The smallest absolute Gasteiger partial charge is 0.350 e. The van der Waals surface area contributed by atoms with Crippen molar-refractivity contribution in [2.45, 2.75) is 13.8 Å². The number of carbonyl (C=O) groups is 2. The van der Waals surface area contributed by atoms with Crippen molar-refractivity contribution in [3.8, 4) is 0 Å². The second kappa shape index (κ2) is 9.46. The molecule has 21 heavy (non-hydrogen) atoms. The van der Waals surface area contributed by atoms with Crippen LogP contribution in [0.25, 0.3) is 0 Å². The highest BCUT2D eigenvalue weighted by Gasteiger charge is 2.20. The monoisotopic (exact) mass is 320 g/mol. The van der Waals surface area contributed by atoms with Crippen molar-refractivity contribution in [2.75, 3.05) is 26.3 Å². The second-order valence-electron chi connectivity index (χ2n) is 4.21. The SMILES string of the molecule is C=C(C)C(=O)NCCOP(=O)(O)OCCNC(=O)C(=C)C. The summed E-state index contributed by atoms with van der Waals surface area (Å²) in [5, 5.41) is 4.86. The summed E-state index contributed by atoms with van der Waals surface area (Å²) in [7, 11) is -4.21. The van der Waals surface area contributed by atoms with E-state index in [1.54, 1.807) is 0 Å². The summed E-state index contributed by atoms with van der Waals surface area (Å²) >= 11 is 0. The van der Waals surface area contributed by atoms with E-state index in [4.69, 9.17) is 0 Å². The van der Waals surface area contributed by atoms with Crippen LogP contribution in [-0.4, -0.2) is 43.0 Å². The third kappa shape index (κ3) is 9.97. The van der Waals surface area contributed by atoms with E-state index in [1.807, 2.05) is 0 Å². The van der Waals surface area contributed by atoms with Crippen LogP contribution in [0.15, 0.2) is 24.3 Å². The van der Waals surface area contributed by atoms with E-state index >= 15 is 0 Å². The average Bonchev–Trinajstić information content (AvgIpc) is 2.38. The van der Waals surface area contributed by atoms with Crippen LogP contribution in [0.1, 0.15) is 13.8 Å². The molecule has 0 aliphatic heterocycles. The van der Waals surface area contributed by atoms with Crippen LogP contribution in [0.3, 0.4) is 0 Å². The zero-order valence-electron chi connectivity index (χ0n) is 12.2. The highest BCUT2D eigenvalue weighted by molar-refractivity contribution is 7.47. The van der Waals surface area contributed by atoms with Crippen LogP contribution >= 0.6 is 7.82 Å². The second-order valence-corrected chi connectivity index (χ2v) is 5.66. The molecule has 0 fully saturated rings. The Morgan fingerprint density at radius 1 is 1.00 bits per heavy atom. The molecule has 0 spiro atoms. The third-order valence-electron chi connectivity index (χ3n) is 2.06. The third-order valence-corrected chi connectivity index (χ3v) is 3.08. The number of nitrogens with one attached hydrogen (secondary N) is 2. The number of amides is 2. The van der Waals surface area contributed by atoms with Gasteiger partial charge < -0.3 is 15.5 Å². The maximum atomic E-state index is 11.4. The van der Waals surface area contributed by atoms with Crippen LogP contribution in [0.5, 0.6) is 0 Å². The van der Waals surface area contributed by atoms with E-state index in [1.165, 1.54) is 13.8 Å². The average molecular weight is 320 g/mol. The molecule has 0 rings (SSSR count). The summed E-state index contributed by atoms with van der Waals surface area (Å²) in [6.07, 6.45) is 0. The molecular weight excluding hydrogens is 299 g/mol. The minimum absolute atomic E-state index is 0.0476. The molecule has 0 aliphatic rings. The Hall–Kier alpha value is -1.47. The Bertz CT molecular complexity index is 425. The van der Waals surface area contributed by atoms with Crippen molar-refractivity contribution in [1.29, 1.82) is 0 Å². The van der Waals surface area contributed by atoms with E-state index in [-0.39, 0.29) is 38.1 Å². The first kappa shape index (κ1) is 19.5. The molecule has 0 heterocycles. The van der Waals surface area contributed by atoms with Crippen LogP contribution in [0, 0.1) is 0 Å². The van der Waals surface area contributed by atoms with Crippen molar-refractivity contribution < 1.29 is 28.1 Å². The van der Waals surface area contributed by atoms with Gasteiger partial charge in [-0.2, -0.15) is 0 Å². The van der Waals surface area contributed by atoms with Gasteiger partial charge in [-0.05, 0) is 13.8 Å². The molecule has 9 heteroatoms. The molecule has 8 nitrogen and oxygen atoms in total. The van der Waals surface area contributed by atoms with E-state index < -0.39 is 7.82 Å². The zero-order valence-corrected chi connectivity index (χ0v) is 13.1. The number of phosphoric acid groups is 1. The fourth-order valence-electron chi connectivity index (χ4n) is 0.990. The molecule has 0 unspecified atom stereocenters. The molecule has 0 bridgehead atoms. The molecule has 0 aliphatic carbocycles. The molecule has 0 radical (unpaired) electrons. The molecule has 0 aromatic carbocycles. The summed E-state index contributed by atoms with van der Waals surface area (Å²) in [4.78, 5) is 31.6. The topological polar surface area (TPSA) is 114 Å². The molecule has 0 atom stereocenters. The number of phosphoric ester groups is 1. The maximum absolute atomic E-state index is 11.4. The van der Waals surface area contributed by atoms with Crippen molar-refractivity contribution >= 4 is 19.6 Å². The Balaban J connectivity index is 3.81. The molecule has 0 aromatic heterocycles. The first-order chi connectivity index (χ1) is 9.65. The van der Waals surface area contributed by atoms with Gasteiger partial charge in [0.05, 0.1) is 13.2 Å². The van der Waals surface area contributed by atoms with Crippen LogP contribution in [0.4, 0.5) is 0 Å². The van der Waals surface area contributed by atoms with Crippen molar-refractivity contribution in [3.63, 3.8) is 0 Å². The first-order valence-corrected chi connectivity index (χ1v) is 7.64. The van der Waals surface area contributed by atoms with Gasteiger partial charge in [0.1, 0.15) is 0 Å². The maximum Gasteiger partial charge on any atom is 0.472 e. The highest BCUT2D eigenvalue weighted by atomic mass is 31.2. The van der Waals surface area contributed by atoms with Gasteiger partial charge >= 0.3 is 7.82 Å². The van der Waals surface area contributed by atoms with Crippen LogP contribution < -0.4 is 10.6 Å². The van der Waals surface area contributed by atoms with Gasteiger partial charge in [0, 0.05) is 24.2 Å². The number of carbonyl (C=O) groups excluding carboxylic acids is 2. The summed E-state index contributed by atoms with van der Waals surface area (Å²) in [6, 6.07) is 0. The quantitative estimate of drug-likeness (QED) is 0.307. The van der Waals surface area contributed by atoms with E-state index in [0.29, 0.717) is 11.1 Å². The minimum Gasteiger partial charge on any atom is -0.350 e. The van der Waals surface area contributed by atoms with E-state index in [2.05, 4.69) is 32.8 Å². The molecule has 0 saturated carbocycles. The summed E-state index contributed by atoms with van der Waals surface area (Å²) in [6.45, 7) is 9.66. The molecular formula is C12H21N2O6P. The van der Waals surface area contributed by atoms with Gasteiger partial charge in [0.2, 0.25) is 11.8 Å². The fourth-order valence-corrected chi connectivity index (χ4v) is 1.71. The standard InChI is InChI=1S/C12H21N2O6P/c1-9(2)11(15)13-5-7-19-21(17,18)20-8-6-14-12(16)10(3)4/h1,3,5-8H2,2,4H3,(H,13,15)(H,14,16)(H,17,18). The van der Waals surface area contributed by atoms with Gasteiger partial charge in [-0.15, -0.1) is 0 Å². The number of rotatable bonds is 10. The van der Waals surface area contributed by atoms with Crippen molar-refractivity contribution in [3.05, 3.63) is 24.3 Å². The lowest BCUT2D eigenvalue weighted by molar-refractivity contribution is -0.118. The molecule has 120 valence electrons. The number of hydrogen-bond acceptors (Lipinski definition) is 5. The molecule has 0 aromatic rings. The number of hydrogen-bond donors (Lipinski definition) is 3. The summed E-state index contributed by atoms with van der Waals surface area (Å²) in [5.41, 5.74) is 0.651. The predicted molar refractivity (Wildman–Crippen MR) is 77.4 cm³/mol. The van der Waals surface area contributed by atoms with Gasteiger partial charge in [0.15, 0.2) is 0 Å². The Morgan fingerprint density at radius 2 is 1.33 bits per heavy atom. The van der Waals surface area contributed by atoms with Crippen LogP contribution in [0.2, 0.25) is 0 Å². The lowest BCUT2D eigenvalue weighted by Crippen LogP contribution is -2.28.